The first-order valence-corrected chi connectivity index (χ1v) is 9.14. The van der Waals surface area contributed by atoms with Crippen molar-refractivity contribution in [3.8, 4) is 17.3 Å². The molecule has 30 heavy (non-hydrogen) atoms. The summed E-state index contributed by atoms with van der Waals surface area (Å²) in [6, 6.07) is 18.3. The maximum Gasteiger partial charge on any atom is 0.355 e. The molecule has 9 nitrogen and oxygen atoms in total. The van der Waals surface area contributed by atoms with E-state index >= 15 is 0 Å². The molecule has 0 bridgehead atoms. The van der Waals surface area contributed by atoms with Crippen molar-refractivity contribution in [1.29, 1.82) is 0 Å². The summed E-state index contributed by atoms with van der Waals surface area (Å²) in [6.07, 6.45) is 1.27. The van der Waals surface area contributed by atoms with Crippen LogP contribution in [0.2, 0.25) is 0 Å². The van der Waals surface area contributed by atoms with E-state index in [0.29, 0.717) is 11.4 Å². The molecule has 1 N–H and O–H groups in total. The van der Waals surface area contributed by atoms with Crippen LogP contribution < -0.4 is 10.1 Å². The van der Waals surface area contributed by atoms with Crippen molar-refractivity contribution in [3.05, 3.63) is 88.5 Å². The quantitative estimate of drug-likeness (QED) is 0.367. The number of benzene rings is 2. The topological polar surface area (TPSA) is 108 Å². The molecule has 0 aliphatic heterocycles. The second-order valence-electron chi connectivity index (χ2n) is 6.55. The zero-order chi connectivity index (χ0) is 21.1. The number of rotatable bonds is 6. The second kappa shape index (κ2) is 8.00. The van der Waals surface area contributed by atoms with Crippen molar-refractivity contribution in [2.24, 2.45) is 0 Å². The summed E-state index contributed by atoms with van der Waals surface area (Å²) in [5.41, 5.74) is 1.84. The molecule has 0 atom stereocenters. The van der Waals surface area contributed by atoms with Gasteiger partial charge in [-0.3, -0.25) is 10.1 Å². The van der Waals surface area contributed by atoms with Crippen molar-refractivity contribution in [2.45, 2.75) is 13.8 Å². The Balaban J connectivity index is 1.62. The van der Waals surface area contributed by atoms with Crippen molar-refractivity contribution in [1.82, 2.24) is 19.7 Å². The average molecular weight is 402 g/mol. The summed E-state index contributed by atoms with van der Waals surface area (Å²) in [4.78, 5) is 19.5. The van der Waals surface area contributed by atoms with Crippen LogP contribution in [0.4, 0.5) is 17.2 Å². The van der Waals surface area contributed by atoms with E-state index in [4.69, 9.17) is 4.74 Å². The Bertz CT molecular complexity index is 1190. The van der Waals surface area contributed by atoms with E-state index in [-0.39, 0.29) is 17.3 Å². The minimum absolute atomic E-state index is 0.0780. The number of nitrogens with zero attached hydrogens (tertiary/aromatic N) is 5. The SMILES string of the molecule is Cc1cc(C)n(-c2ncnc(Nc3ccc(Oc4ccccc4)cc3)c2[N+](=O)[O-])n1. The molecule has 0 unspecified atom stereocenters. The van der Waals surface area contributed by atoms with Crippen LogP contribution in [0.3, 0.4) is 0 Å². The molecule has 9 heteroatoms. The monoisotopic (exact) mass is 402 g/mol. The van der Waals surface area contributed by atoms with Crippen LogP contribution in [-0.2, 0) is 0 Å². The molecule has 0 spiro atoms. The number of hydrogen-bond acceptors (Lipinski definition) is 7. The lowest BCUT2D eigenvalue weighted by Crippen LogP contribution is -2.09. The summed E-state index contributed by atoms with van der Waals surface area (Å²) >= 11 is 0. The van der Waals surface area contributed by atoms with Crippen molar-refractivity contribution in [2.75, 3.05) is 5.32 Å². The van der Waals surface area contributed by atoms with E-state index in [0.717, 1.165) is 17.1 Å². The van der Waals surface area contributed by atoms with Crippen LogP contribution >= 0.6 is 0 Å². The Morgan fingerprint density at radius 2 is 1.70 bits per heavy atom. The molecule has 0 fully saturated rings. The lowest BCUT2D eigenvalue weighted by atomic mass is 10.3. The van der Waals surface area contributed by atoms with E-state index in [1.165, 1.54) is 11.0 Å². The lowest BCUT2D eigenvalue weighted by molar-refractivity contribution is -0.384. The minimum Gasteiger partial charge on any atom is -0.457 e. The molecule has 0 amide bonds. The molecule has 2 aromatic heterocycles. The minimum atomic E-state index is -0.513. The van der Waals surface area contributed by atoms with Gasteiger partial charge in [-0.15, -0.1) is 0 Å². The Kier molecular flexibility index (Phi) is 5.08. The Hall–Kier alpha value is -4.27. The molecule has 4 rings (SSSR count). The number of aryl methyl sites for hydroxylation is 2. The van der Waals surface area contributed by atoms with Crippen LogP contribution in [0.1, 0.15) is 11.4 Å². The van der Waals surface area contributed by atoms with Gasteiger partial charge in [0.1, 0.15) is 17.8 Å². The molecular weight excluding hydrogens is 384 g/mol. The predicted molar refractivity (Wildman–Crippen MR) is 112 cm³/mol. The highest BCUT2D eigenvalue weighted by atomic mass is 16.6. The van der Waals surface area contributed by atoms with Gasteiger partial charge in [-0.2, -0.15) is 5.10 Å². The van der Waals surface area contributed by atoms with Gasteiger partial charge in [0, 0.05) is 11.4 Å². The molecular formula is C21H18N6O3. The van der Waals surface area contributed by atoms with Gasteiger partial charge in [-0.25, -0.2) is 14.6 Å². The number of nitro groups is 1. The fraction of sp³-hybridized carbons (Fsp3) is 0.0952. The lowest BCUT2D eigenvalue weighted by Gasteiger charge is -2.10. The van der Waals surface area contributed by atoms with Gasteiger partial charge in [-0.05, 0) is 56.3 Å². The highest BCUT2D eigenvalue weighted by molar-refractivity contribution is 5.70. The number of hydrogen-bond donors (Lipinski definition) is 1. The van der Waals surface area contributed by atoms with Gasteiger partial charge in [0.15, 0.2) is 0 Å². The molecule has 4 aromatic rings. The molecule has 0 aliphatic rings. The zero-order valence-corrected chi connectivity index (χ0v) is 16.3. The predicted octanol–water partition coefficient (Wildman–Crippen LogP) is 4.72. The van der Waals surface area contributed by atoms with Gasteiger partial charge >= 0.3 is 5.69 Å². The Labute approximate surface area is 172 Å². The van der Waals surface area contributed by atoms with Crippen LogP contribution in [0.5, 0.6) is 11.5 Å². The van der Waals surface area contributed by atoms with Gasteiger partial charge in [0.25, 0.3) is 0 Å². The van der Waals surface area contributed by atoms with Crippen LogP contribution in [0.15, 0.2) is 67.0 Å². The maximum absolute atomic E-state index is 11.8. The summed E-state index contributed by atoms with van der Waals surface area (Å²) in [5.74, 6) is 1.55. The van der Waals surface area contributed by atoms with Gasteiger partial charge in [-0.1, -0.05) is 18.2 Å². The van der Waals surface area contributed by atoms with Crippen LogP contribution in [-0.4, -0.2) is 24.7 Å². The first kappa shape index (κ1) is 19.1. The summed E-state index contributed by atoms with van der Waals surface area (Å²) in [6.45, 7) is 3.62. The smallest absolute Gasteiger partial charge is 0.355 e. The normalized spacial score (nSPS) is 10.6. The van der Waals surface area contributed by atoms with Crippen LogP contribution in [0, 0.1) is 24.0 Å². The number of nitrogens with one attached hydrogen (secondary N) is 1. The summed E-state index contributed by atoms with van der Waals surface area (Å²) in [5, 5.41) is 19.1. The first-order chi connectivity index (χ1) is 14.5. The van der Waals surface area contributed by atoms with Crippen molar-refractivity contribution < 1.29 is 9.66 Å². The van der Waals surface area contributed by atoms with E-state index in [2.05, 4.69) is 20.4 Å². The second-order valence-corrected chi connectivity index (χ2v) is 6.55. The third kappa shape index (κ3) is 3.95. The molecule has 0 radical (unpaired) electrons. The number of anilines is 2. The van der Waals surface area contributed by atoms with Crippen molar-refractivity contribution >= 4 is 17.2 Å². The fourth-order valence-electron chi connectivity index (χ4n) is 3.00. The zero-order valence-electron chi connectivity index (χ0n) is 16.3. The molecule has 2 aromatic carbocycles. The van der Waals surface area contributed by atoms with E-state index < -0.39 is 4.92 Å². The number of aromatic nitrogens is 4. The maximum atomic E-state index is 11.8. The van der Waals surface area contributed by atoms with Gasteiger partial charge in [0.05, 0.1) is 10.6 Å². The third-order valence-electron chi connectivity index (χ3n) is 4.29. The van der Waals surface area contributed by atoms with Crippen molar-refractivity contribution in [3.63, 3.8) is 0 Å². The average Bonchev–Trinajstić information content (AvgIpc) is 3.08. The highest BCUT2D eigenvalue weighted by Gasteiger charge is 2.26. The number of ether oxygens (including phenoxy) is 1. The summed E-state index contributed by atoms with van der Waals surface area (Å²) < 4.78 is 7.21. The van der Waals surface area contributed by atoms with E-state index in [1.807, 2.05) is 50.2 Å². The molecule has 0 aliphatic carbocycles. The first-order valence-electron chi connectivity index (χ1n) is 9.14. The Morgan fingerprint density at radius 1 is 1.00 bits per heavy atom. The highest BCUT2D eigenvalue weighted by Crippen LogP contribution is 2.31. The largest absolute Gasteiger partial charge is 0.457 e. The van der Waals surface area contributed by atoms with Gasteiger partial charge in [0.2, 0.25) is 11.6 Å². The standard InChI is InChI=1S/C21H18N6O3/c1-14-12-15(2)26(25-14)21-19(27(28)29)20(22-13-23-21)24-16-8-10-18(11-9-16)30-17-6-4-3-5-7-17/h3-13H,1-2H3,(H,22,23,24). The van der Waals surface area contributed by atoms with E-state index in [1.54, 1.807) is 24.3 Å². The van der Waals surface area contributed by atoms with E-state index in [9.17, 15) is 10.1 Å². The van der Waals surface area contributed by atoms with Crippen LogP contribution in [0.25, 0.3) is 5.82 Å². The summed E-state index contributed by atoms with van der Waals surface area (Å²) in [7, 11) is 0. The number of para-hydroxylation sites is 1. The Morgan fingerprint density at radius 3 is 2.33 bits per heavy atom. The van der Waals surface area contributed by atoms with Gasteiger partial charge < -0.3 is 10.1 Å². The fourth-order valence-corrected chi connectivity index (χ4v) is 3.00. The molecule has 0 saturated carbocycles. The molecule has 150 valence electrons. The molecule has 0 saturated heterocycles. The molecule has 2 heterocycles. The third-order valence-corrected chi connectivity index (χ3v) is 4.29.